The van der Waals surface area contributed by atoms with Gasteiger partial charge >= 0.3 is 0 Å². The number of hydrogen-bond donors (Lipinski definition) is 1. The number of pyridine rings is 2. The van der Waals surface area contributed by atoms with Gasteiger partial charge in [-0.05, 0) is 48.5 Å². The van der Waals surface area contributed by atoms with Crippen molar-refractivity contribution in [2.75, 3.05) is 9.91 Å². The Morgan fingerprint density at radius 2 is 1.81 bits per heavy atom. The minimum absolute atomic E-state index is 0.0370. The van der Waals surface area contributed by atoms with Crippen LogP contribution in [0.25, 0.3) is 0 Å². The molecule has 1 aliphatic rings. The molecule has 31 heavy (non-hydrogen) atoms. The largest absolute Gasteiger partial charge is 0.368 e. The van der Waals surface area contributed by atoms with Crippen LogP contribution in [0.5, 0.6) is 0 Å². The fraction of sp³-hybridized carbons (Fsp3) is 0.136. The Kier molecular flexibility index (Phi) is 5.65. The molecule has 2 aromatic heterocycles. The monoisotopic (exact) mass is 418 g/mol. The van der Waals surface area contributed by atoms with Gasteiger partial charge in [-0.25, -0.2) is 4.39 Å². The summed E-state index contributed by atoms with van der Waals surface area (Å²) in [7, 11) is 0. The number of hydrazone groups is 1. The van der Waals surface area contributed by atoms with Crippen LogP contribution < -0.4 is 15.6 Å². The fourth-order valence-electron chi connectivity index (χ4n) is 3.31. The van der Waals surface area contributed by atoms with Gasteiger partial charge in [-0.2, -0.15) is 5.10 Å². The van der Waals surface area contributed by atoms with Crippen LogP contribution in [0.3, 0.4) is 0 Å². The molecule has 1 atom stereocenters. The first-order valence-corrected chi connectivity index (χ1v) is 9.56. The van der Waals surface area contributed by atoms with E-state index in [1.165, 1.54) is 34.2 Å². The zero-order valence-electron chi connectivity index (χ0n) is 16.4. The summed E-state index contributed by atoms with van der Waals surface area (Å²) >= 11 is 0. The zero-order chi connectivity index (χ0) is 21.8. The summed E-state index contributed by atoms with van der Waals surface area (Å²) in [5.74, 6) is -1.43. The molecule has 0 bridgehead atoms. The zero-order valence-corrected chi connectivity index (χ0v) is 16.4. The number of nitrogens with two attached hydrogens (primary N) is 1. The highest BCUT2D eigenvalue weighted by Crippen LogP contribution is 2.27. The molecule has 1 aromatic carbocycles. The number of benzene rings is 1. The van der Waals surface area contributed by atoms with Crippen LogP contribution in [0, 0.1) is 5.82 Å². The highest BCUT2D eigenvalue weighted by atomic mass is 19.1. The number of amides is 2. The molecule has 0 saturated carbocycles. The first kappa shape index (κ1) is 20.1. The van der Waals surface area contributed by atoms with E-state index >= 15 is 0 Å². The van der Waals surface area contributed by atoms with Crippen molar-refractivity contribution in [1.82, 2.24) is 9.97 Å². The lowest BCUT2D eigenvalue weighted by molar-refractivity contribution is -0.119. The van der Waals surface area contributed by atoms with Crippen molar-refractivity contribution in [3.8, 4) is 0 Å². The Balaban J connectivity index is 1.67. The van der Waals surface area contributed by atoms with Crippen molar-refractivity contribution in [3.05, 3.63) is 84.7 Å². The average Bonchev–Trinajstić information content (AvgIpc) is 3.25. The molecule has 0 saturated heterocycles. The van der Waals surface area contributed by atoms with E-state index in [1.54, 1.807) is 36.8 Å². The maximum atomic E-state index is 13.5. The Labute approximate surface area is 177 Å². The highest BCUT2D eigenvalue weighted by Gasteiger charge is 2.37. The molecule has 3 aromatic rings. The van der Waals surface area contributed by atoms with Crippen LogP contribution in [0.15, 0.2) is 78.3 Å². The van der Waals surface area contributed by atoms with Gasteiger partial charge in [0, 0.05) is 30.7 Å². The molecule has 0 fully saturated rings. The topological polar surface area (TPSA) is 105 Å². The molecular formula is C22H19FN6O2. The predicted octanol–water partition coefficient (Wildman–Crippen LogP) is 2.27. The van der Waals surface area contributed by atoms with Crippen molar-refractivity contribution >= 4 is 28.9 Å². The summed E-state index contributed by atoms with van der Waals surface area (Å²) in [6.45, 7) is 0.209. The molecule has 2 amide bonds. The number of halogens is 1. The number of hydrogen-bond acceptors (Lipinski definition) is 6. The lowest BCUT2D eigenvalue weighted by atomic mass is 10.1. The second-order valence-electron chi connectivity index (χ2n) is 6.91. The smallest absolute Gasteiger partial charge is 0.274 e. The third-order valence-corrected chi connectivity index (χ3v) is 4.84. The number of primary amides is 1. The minimum atomic E-state index is -0.849. The van der Waals surface area contributed by atoms with Gasteiger partial charge in [0.25, 0.3) is 5.91 Å². The molecule has 0 spiro atoms. The van der Waals surface area contributed by atoms with Crippen LogP contribution >= 0.6 is 0 Å². The Morgan fingerprint density at radius 1 is 1.06 bits per heavy atom. The summed E-state index contributed by atoms with van der Waals surface area (Å²) in [6.07, 6.45) is 4.86. The Bertz CT molecular complexity index is 1110. The van der Waals surface area contributed by atoms with Crippen molar-refractivity contribution in [2.24, 2.45) is 10.8 Å². The molecular weight excluding hydrogens is 399 g/mol. The van der Waals surface area contributed by atoms with E-state index in [-0.39, 0.29) is 24.6 Å². The molecule has 0 unspecified atom stereocenters. The van der Waals surface area contributed by atoms with Gasteiger partial charge in [0.1, 0.15) is 17.6 Å². The molecule has 3 heterocycles. The minimum Gasteiger partial charge on any atom is -0.368 e. The molecule has 156 valence electrons. The third kappa shape index (κ3) is 4.40. The lowest BCUT2D eigenvalue weighted by Gasteiger charge is -2.22. The number of rotatable bonds is 6. The van der Waals surface area contributed by atoms with Crippen LogP contribution in [0.1, 0.15) is 12.1 Å². The van der Waals surface area contributed by atoms with Gasteiger partial charge in [0.05, 0.1) is 17.9 Å². The van der Waals surface area contributed by atoms with E-state index in [0.717, 1.165) is 0 Å². The van der Waals surface area contributed by atoms with E-state index in [0.29, 0.717) is 17.1 Å². The van der Waals surface area contributed by atoms with Crippen LogP contribution in [0.2, 0.25) is 0 Å². The van der Waals surface area contributed by atoms with E-state index in [9.17, 15) is 14.0 Å². The van der Waals surface area contributed by atoms with Gasteiger partial charge in [-0.15, -0.1) is 0 Å². The van der Waals surface area contributed by atoms with Crippen molar-refractivity contribution in [2.45, 2.75) is 19.0 Å². The first-order valence-electron chi connectivity index (χ1n) is 9.56. The maximum Gasteiger partial charge on any atom is 0.274 e. The fourth-order valence-corrected chi connectivity index (χ4v) is 3.31. The molecule has 8 nitrogen and oxygen atoms in total. The lowest BCUT2D eigenvalue weighted by Crippen LogP contribution is -2.40. The molecule has 0 radical (unpaired) electrons. The molecule has 9 heteroatoms. The highest BCUT2D eigenvalue weighted by molar-refractivity contribution is 6.44. The van der Waals surface area contributed by atoms with Gasteiger partial charge in [-0.1, -0.05) is 6.07 Å². The number of anilines is 2. The van der Waals surface area contributed by atoms with Crippen LogP contribution in [-0.2, 0) is 16.1 Å². The molecule has 1 aliphatic heterocycles. The Morgan fingerprint density at radius 3 is 2.45 bits per heavy atom. The normalized spacial score (nSPS) is 15.5. The maximum absolute atomic E-state index is 13.5. The van der Waals surface area contributed by atoms with E-state index < -0.39 is 17.8 Å². The van der Waals surface area contributed by atoms with Crippen molar-refractivity contribution in [1.29, 1.82) is 0 Å². The molecule has 0 aliphatic carbocycles. The van der Waals surface area contributed by atoms with Crippen LogP contribution in [-0.4, -0.2) is 33.5 Å². The van der Waals surface area contributed by atoms with Gasteiger partial charge in [-0.3, -0.25) is 24.6 Å². The molecule has 4 rings (SSSR count). The summed E-state index contributed by atoms with van der Waals surface area (Å²) < 4.78 is 13.3. The van der Waals surface area contributed by atoms with Crippen molar-refractivity contribution in [3.63, 3.8) is 0 Å². The van der Waals surface area contributed by atoms with E-state index in [2.05, 4.69) is 15.1 Å². The summed E-state index contributed by atoms with van der Waals surface area (Å²) in [5.41, 5.74) is 7.49. The quantitative estimate of drug-likeness (QED) is 0.661. The predicted molar refractivity (Wildman–Crippen MR) is 114 cm³/mol. The number of carbonyl (C=O) groups excluding carboxylic acids is 2. The summed E-state index contributed by atoms with van der Waals surface area (Å²) in [5, 5.41) is 5.74. The van der Waals surface area contributed by atoms with E-state index in [4.69, 9.17) is 5.73 Å². The van der Waals surface area contributed by atoms with Gasteiger partial charge in [0.2, 0.25) is 5.91 Å². The Hall–Kier alpha value is -4.14. The van der Waals surface area contributed by atoms with Crippen molar-refractivity contribution < 1.29 is 14.0 Å². The number of aromatic nitrogens is 2. The third-order valence-electron chi connectivity index (χ3n) is 4.84. The van der Waals surface area contributed by atoms with Gasteiger partial charge < -0.3 is 10.6 Å². The molecule has 2 N–H and O–H groups in total. The van der Waals surface area contributed by atoms with E-state index in [1.807, 2.05) is 12.1 Å². The standard InChI is InChI=1S/C22H19FN6O2/c23-15-4-6-18(7-5-15)29-20(21(24)30)13-19(27-29)22(31)28(17-8-11-25-12-9-17)14-16-3-1-2-10-26-16/h1-12,20H,13-14H2,(H2,24,30)/t20-/m1/s1. The summed E-state index contributed by atoms with van der Waals surface area (Å²) in [6, 6.07) is 13.5. The second-order valence-corrected chi connectivity index (χ2v) is 6.91. The summed E-state index contributed by atoms with van der Waals surface area (Å²) in [4.78, 5) is 35.3. The van der Waals surface area contributed by atoms with Crippen LogP contribution in [0.4, 0.5) is 15.8 Å². The average molecular weight is 418 g/mol. The second kappa shape index (κ2) is 8.70. The number of carbonyl (C=O) groups is 2. The van der Waals surface area contributed by atoms with Gasteiger partial charge in [0.15, 0.2) is 0 Å². The first-order chi connectivity index (χ1) is 15.0. The SMILES string of the molecule is NC(=O)[C@H]1CC(C(=O)N(Cc2ccccn2)c2ccncc2)=NN1c1ccc(F)cc1. The number of nitrogens with zero attached hydrogens (tertiary/aromatic N) is 5.